The largest absolute Gasteiger partial charge is 0.323 e. The second-order valence-corrected chi connectivity index (χ2v) is 7.43. The maximum absolute atomic E-state index is 4.78. The zero-order chi connectivity index (χ0) is 20.1. The Morgan fingerprint density at radius 3 is 2.17 bits per heavy atom. The number of rotatable bonds is 9. The first-order valence-electron chi connectivity index (χ1n) is 10.8. The van der Waals surface area contributed by atoms with E-state index in [2.05, 4.69) is 53.3 Å². The number of para-hydroxylation sites is 4. The highest BCUT2D eigenvalue weighted by molar-refractivity contribution is 5.86. The number of aryl methyl sites for hydroxylation is 2. The fourth-order valence-electron chi connectivity index (χ4n) is 3.90. The van der Waals surface area contributed by atoms with Gasteiger partial charge in [0.15, 0.2) is 5.82 Å². The Hall–Kier alpha value is -2.95. The molecule has 4 aromatic rings. The van der Waals surface area contributed by atoms with Gasteiger partial charge in [0.05, 0.1) is 28.3 Å². The van der Waals surface area contributed by atoms with Crippen molar-refractivity contribution in [1.29, 1.82) is 0 Å². The summed E-state index contributed by atoms with van der Waals surface area (Å²) in [5, 5.41) is 0. The molecule has 5 heteroatoms. The van der Waals surface area contributed by atoms with E-state index in [1.54, 1.807) is 0 Å². The summed E-state index contributed by atoms with van der Waals surface area (Å²) in [6.07, 6.45) is 8.12. The van der Waals surface area contributed by atoms with Gasteiger partial charge in [0, 0.05) is 13.1 Å². The molecule has 5 nitrogen and oxygen atoms in total. The molecule has 0 aliphatic rings. The second kappa shape index (κ2) is 9.03. The highest BCUT2D eigenvalue weighted by Gasteiger charge is 2.11. The van der Waals surface area contributed by atoms with E-state index in [0.29, 0.717) is 0 Å². The molecule has 0 amide bonds. The summed E-state index contributed by atoms with van der Waals surface area (Å²) in [6.45, 7) is 6.19. The third-order valence-electron chi connectivity index (χ3n) is 5.42. The standard InChI is InChI=1S/C24H29N5/c1-3-5-6-7-12-17-29-22-16-11-9-14-20(22)27-24(29)25-18-23-26-19-13-8-10-15-21(19)28(23)4-2/h8-11,13-16,18H,3-7,12,17H2,1-2H3. The molecule has 0 aliphatic heterocycles. The van der Waals surface area contributed by atoms with Crippen LogP contribution in [0.5, 0.6) is 0 Å². The summed E-state index contributed by atoms with van der Waals surface area (Å²) in [5.41, 5.74) is 4.29. The minimum atomic E-state index is 0.761. The van der Waals surface area contributed by atoms with E-state index in [-0.39, 0.29) is 0 Å². The van der Waals surface area contributed by atoms with E-state index < -0.39 is 0 Å². The van der Waals surface area contributed by atoms with Crippen molar-refractivity contribution >= 4 is 34.2 Å². The molecule has 29 heavy (non-hydrogen) atoms. The van der Waals surface area contributed by atoms with E-state index in [1.165, 1.54) is 25.7 Å². The molecule has 150 valence electrons. The van der Waals surface area contributed by atoms with Gasteiger partial charge in [-0.2, -0.15) is 0 Å². The van der Waals surface area contributed by atoms with E-state index in [4.69, 9.17) is 15.0 Å². The highest BCUT2D eigenvalue weighted by Crippen LogP contribution is 2.23. The summed E-state index contributed by atoms with van der Waals surface area (Å²) in [7, 11) is 0. The number of benzene rings is 2. The van der Waals surface area contributed by atoms with Gasteiger partial charge in [-0.05, 0) is 37.6 Å². The van der Waals surface area contributed by atoms with Crippen LogP contribution >= 0.6 is 0 Å². The smallest absolute Gasteiger partial charge is 0.230 e. The van der Waals surface area contributed by atoms with Gasteiger partial charge in [0.25, 0.3) is 0 Å². The van der Waals surface area contributed by atoms with E-state index in [0.717, 1.165) is 53.3 Å². The molecule has 2 heterocycles. The van der Waals surface area contributed by atoms with Crippen molar-refractivity contribution in [2.24, 2.45) is 4.99 Å². The first-order chi connectivity index (χ1) is 14.3. The summed E-state index contributed by atoms with van der Waals surface area (Å²) >= 11 is 0. The molecule has 0 saturated carbocycles. The van der Waals surface area contributed by atoms with Crippen LogP contribution in [-0.2, 0) is 13.1 Å². The molecule has 0 radical (unpaired) electrons. The minimum absolute atomic E-state index is 0.761. The van der Waals surface area contributed by atoms with Gasteiger partial charge in [-0.25, -0.2) is 15.0 Å². The number of fused-ring (bicyclic) bond motifs is 2. The topological polar surface area (TPSA) is 48.0 Å². The van der Waals surface area contributed by atoms with E-state index in [9.17, 15) is 0 Å². The van der Waals surface area contributed by atoms with E-state index in [1.807, 2.05) is 24.4 Å². The number of imidazole rings is 2. The molecule has 4 rings (SSSR count). The molecular weight excluding hydrogens is 358 g/mol. The minimum Gasteiger partial charge on any atom is -0.323 e. The van der Waals surface area contributed by atoms with Crippen LogP contribution in [0.15, 0.2) is 53.5 Å². The highest BCUT2D eigenvalue weighted by atomic mass is 15.2. The maximum Gasteiger partial charge on any atom is 0.230 e. The predicted octanol–water partition coefficient (Wildman–Crippen LogP) is 6.13. The van der Waals surface area contributed by atoms with Crippen molar-refractivity contribution in [2.45, 2.75) is 59.0 Å². The Morgan fingerprint density at radius 2 is 1.45 bits per heavy atom. The first-order valence-corrected chi connectivity index (χ1v) is 10.8. The summed E-state index contributed by atoms with van der Waals surface area (Å²) in [5.74, 6) is 1.63. The van der Waals surface area contributed by atoms with Gasteiger partial charge < -0.3 is 9.13 Å². The number of aliphatic imine (C=N–C) groups is 1. The molecule has 0 atom stereocenters. The number of unbranched alkanes of at least 4 members (excludes halogenated alkanes) is 4. The second-order valence-electron chi connectivity index (χ2n) is 7.43. The lowest BCUT2D eigenvalue weighted by Crippen LogP contribution is -2.01. The van der Waals surface area contributed by atoms with Gasteiger partial charge >= 0.3 is 0 Å². The number of aromatic nitrogens is 4. The lowest BCUT2D eigenvalue weighted by Gasteiger charge is -2.06. The summed E-state index contributed by atoms with van der Waals surface area (Å²) in [4.78, 5) is 14.3. The summed E-state index contributed by atoms with van der Waals surface area (Å²) in [6, 6.07) is 16.5. The van der Waals surface area contributed by atoms with E-state index >= 15 is 0 Å². The average Bonchev–Trinajstić information content (AvgIpc) is 3.29. The van der Waals surface area contributed by atoms with Crippen LogP contribution in [0.2, 0.25) is 0 Å². The average molecular weight is 388 g/mol. The van der Waals surface area contributed by atoms with Gasteiger partial charge in [0.2, 0.25) is 5.95 Å². The monoisotopic (exact) mass is 387 g/mol. The van der Waals surface area contributed by atoms with Crippen LogP contribution in [0.25, 0.3) is 22.1 Å². The van der Waals surface area contributed by atoms with Crippen molar-refractivity contribution < 1.29 is 0 Å². The molecule has 2 aromatic carbocycles. The Bertz CT molecular complexity index is 1120. The molecule has 0 unspecified atom stereocenters. The van der Waals surface area contributed by atoms with Crippen molar-refractivity contribution in [3.63, 3.8) is 0 Å². The quantitative estimate of drug-likeness (QED) is 0.256. The number of hydrogen-bond donors (Lipinski definition) is 0. The van der Waals surface area contributed by atoms with Crippen molar-refractivity contribution in [1.82, 2.24) is 19.1 Å². The predicted molar refractivity (Wildman–Crippen MR) is 121 cm³/mol. The first kappa shape index (κ1) is 19.4. The lowest BCUT2D eigenvalue weighted by molar-refractivity contribution is 0.577. The molecule has 2 aromatic heterocycles. The van der Waals surface area contributed by atoms with Crippen LogP contribution in [0, 0.1) is 0 Å². The van der Waals surface area contributed by atoms with Crippen LogP contribution in [0.4, 0.5) is 5.95 Å². The van der Waals surface area contributed by atoms with Crippen molar-refractivity contribution in [3.8, 4) is 0 Å². The van der Waals surface area contributed by atoms with Crippen LogP contribution < -0.4 is 0 Å². The fraction of sp³-hybridized carbons (Fsp3) is 0.375. The Kier molecular flexibility index (Phi) is 6.03. The van der Waals surface area contributed by atoms with Crippen molar-refractivity contribution in [3.05, 3.63) is 54.4 Å². The third-order valence-corrected chi connectivity index (χ3v) is 5.42. The normalized spacial score (nSPS) is 11.9. The number of hydrogen-bond acceptors (Lipinski definition) is 3. The van der Waals surface area contributed by atoms with Crippen LogP contribution in [-0.4, -0.2) is 25.3 Å². The SMILES string of the molecule is CCCCCCCn1c(N=Cc2nc3ccccc3n2CC)nc2ccccc21. The lowest BCUT2D eigenvalue weighted by atomic mass is 10.1. The zero-order valence-electron chi connectivity index (χ0n) is 17.4. The van der Waals surface area contributed by atoms with Gasteiger partial charge in [-0.15, -0.1) is 0 Å². The molecule has 0 saturated heterocycles. The van der Waals surface area contributed by atoms with Gasteiger partial charge in [0.1, 0.15) is 0 Å². The van der Waals surface area contributed by atoms with Crippen molar-refractivity contribution in [2.75, 3.05) is 0 Å². The third kappa shape index (κ3) is 4.09. The number of nitrogens with zero attached hydrogens (tertiary/aromatic N) is 5. The molecule has 0 spiro atoms. The molecule has 0 fully saturated rings. The molecular formula is C24H29N5. The molecule has 0 bridgehead atoms. The van der Waals surface area contributed by atoms with Crippen LogP contribution in [0.3, 0.4) is 0 Å². The Morgan fingerprint density at radius 1 is 0.793 bits per heavy atom. The maximum atomic E-state index is 4.78. The molecule has 0 N–H and O–H groups in total. The van der Waals surface area contributed by atoms with Gasteiger partial charge in [-0.3, -0.25) is 0 Å². The van der Waals surface area contributed by atoms with Crippen LogP contribution in [0.1, 0.15) is 51.8 Å². The fourth-order valence-corrected chi connectivity index (χ4v) is 3.90. The Labute approximate surface area is 172 Å². The Balaban J connectivity index is 1.64. The zero-order valence-corrected chi connectivity index (χ0v) is 17.4. The molecule has 0 aliphatic carbocycles. The summed E-state index contributed by atoms with van der Waals surface area (Å²) < 4.78 is 4.44. The van der Waals surface area contributed by atoms with Gasteiger partial charge in [-0.1, -0.05) is 56.9 Å².